The van der Waals surface area contributed by atoms with Gasteiger partial charge in [-0.15, -0.1) is 0 Å². The summed E-state index contributed by atoms with van der Waals surface area (Å²) in [5.41, 5.74) is 0.406. The van der Waals surface area contributed by atoms with Crippen LogP contribution in [0.4, 0.5) is 5.69 Å². The van der Waals surface area contributed by atoms with Gasteiger partial charge >= 0.3 is 0 Å². The standard InChI is InChI=1S/C11H12BrN3O4S/c12-7-5-6(20(13,18)19)1-2-8(7)15-11(17)9-3-4-10(16)14-9/h1-2,5,9H,3-4H2,(H,14,16)(H,15,17)(H2,13,18,19)/t9-/m0/s1. The summed E-state index contributed by atoms with van der Waals surface area (Å²) in [5, 5.41) is 10.2. The zero-order valence-electron chi connectivity index (χ0n) is 10.2. The van der Waals surface area contributed by atoms with Crippen LogP contribution in [0.25, 0.3) is 0 Å². The first-order valence-corrected chi connectivity index (χ1v) is 8.04. The average Bonchev–Trinajstić information content (AvgIpc) is 2.77. The van der Waals surface area contributed by atoms with Gasteiger partial charge in [0.15, 0.2) is 0 Å². The van der Waals surface area contributed by atoms with Crippen LogP contribution in [0, 0.1) is 0 Å². The summed E-state index contributed by atoms with van der Waals surface area (Å²) in [6.07, 6.45) is 0.765. The minimum Gasteiger partial charge on any atom is -0.344 e. The summed E-state index contributed by atoms with van der Waals surface area (Å²) in [5.74, 6) is -0.506. The van der Waals surface area contributed by atoms with E-state index >= 15 is 0 Å². The zero-order chi connectivity index (χ0) is 14.9. The van der Waals surface area contributed by atoms with Crippen molar-refractivity contribution < 1.29 is 18.0 Å². The van der Waals surface area contributed by atoms with Gasteiger partial charge in [0.2, 0.25) is 21.8 Å². The van der Waals surface area contributed by atoms with Crippen LogP contribution in [0.5, 0.6) is 0 Å². The van der Waals surface area contributed by atoms with Gasteiger partial charge in [-0.2, -0.15) is 0 Å². The second kappa shape index (κ2) is 5.51. The number of hydrogen-bond donors (Lipinski definition) is 3. The Morgan fingerprint density at radius 1 is 1.45 bits per heavy atom. The van der Waals surface area contributed by atoms with Crippen molar-refractivity contribution in [2.24, 2.45) is 5.14 Å². The molecular formula is C11H12BrN3O4S. The highest BCUT2D eigenvalue weighted by Crippen LogP contribution is 2.25. The third-order valence-electron chi connectivity index (χ3n) is 2.84. The van der Waals surface area contributed by atoms with Crippen molar-refractivity contribution in [3.8, 4) is 0 Å². The number of nitrogens with one attached hydrogen (secondary N) is 2. The molecule has 1 aromatic carbocycles. The number of nitrogens with two attached hydrogens (primary N) is 1. The van der Waals surface area contributed by atoms with Gasteiger partial charge in [-0.1, -0.05) is 0 Å². The summed E-state index contributed by atoms with van der Waals surface area (Å²) < 4.78 is 22.8. The molecule has 1 aromatic rings. The van der Waals surface area contributed by atoms with Crippen molar-refractivity contribution in [3.63, 3.8) is 0 Å². The van der Waals surface area contributed by atoms with Gasteiger partial charge in [0.05, 0.1) is 10.6 Å². The molecule has 20 heavy (non-hydrogen) atoms. The van der Waals surface area contributed by atoms with E-state index in [2.05, 4.69) is 26.6 Å². The average molecular weight is 362 g/mol. The summed E-state index contributed by atoms with van der Waals surface area (Å²) in [6.45, 7) is 0. The molecule has 1 saturated heterocycles. The van der Waals surface area contributed by atoms with Gasteiger partial charge in [-0.25, -0.2) is 13.6 Å². The molecule has 4 N–H and O–H groups in total. The van der Waals surface area contributed by atoms with E-state index in [-0.39, 0.29) is 16.7 Å². The van der Waals surface area contributed by atoms with Crippen LogP contribution < -0.4 is 15.8 Å². The fourth-order valence-corrected chi connectivity index (χ4v) is 2.97. The van der Waals surface area contributed by atoms with Gasteiger partial charge < -0.3 is 10.6 Å². The van der Waals surface area contributed by atoms with Gasteiger partial charge in [0.25, 0.3) is 0 Å². The topological polar surface area (TPSA) is 118 Å². The van der Waals surface area contributed by atoms with Crippen LogP contribution in [0.3, 0.4) is 0 Å². The number of carbonyl (C=O) groups is 2. The monoisotopic (exact) mass is 361 g/mol. The summed E-state index contributed by atoms with van der Waals surface area (Å²) >= 11 is 3.17. The first-order chi connectivity index (χ1) is 9.27. The van der Waals surface area contributed by atoms with E-state index in [1.165, 1.54) is 18.2 Å². The molecule has 0 radical (unpaired) electrons. The van der Waals surface area contributed by atoms with Gasteiger partial charge in [0.1, 0.15) is 6.04 Å². The summed E-state index contributed by atoms with van der Waals surface area (Å²) in [7, 11) is -3.79. The molecule has 1 atom stereocenters. The molecule has 1 aliphatic heterocycles. The summed E-state index contributed by atoms with van der Waals surface area (Å²) in [6, 6.07) is 3.46. The molecule has 1 heterocycles. The van der Waals surface area contributed by atoms with E-state index in [9.17, 15) is 18.0 Å². The van der Waals surface area contributed by atoms with E-state index in [4.69, 9.17) is 5.14 Å². The van der Waals surface area contributed by atoms with Crippen LogP contribution in [0.15, 0.2) is 27.6 Å². The lowest BCUT2D eigenvalue weighted by molar-refractivity contribution is -0.122. The lowest BCUT2D eigenvalue weighted by atomic mass is 10.2. The minimum absolute atomic E-state index is 0.0588. The van der Waals surface area contributed by atoms with E-state index in [1.54, 1.807) is 0 Å². The molecule has 108 valence electrons. The number of halogens is 1. The highest BCUT2D eigenvalue weighted by atomic mass is 79.9. The molecular weight excluding hydrogens is 350 g/mol. The first kappa shape index (κ1) is 14.9. The molecule has 0 bridgehead atoms. The number of carbonyl (C=O) groups excluding carboxylic acids is 2. The normalized spacial score (nSPS) is 18.7. The highest BCUT2D eigenvalue weighted by molar-refractivity contribution is 9.10. The maximum Gasteiger partial charge on any atom is 0.246 e. The third kappa shape index (κ3) is 3.35. The molecule has 0 spiro atoms. The van der Waals surface area contributed by atoms with Crippen molar-refractivity contribution in [2.45, 2.75) is 23.8 Å². The molecule has 2 rings (SSSR count). The lowest BCUT2D eigenvalue weighted by Gasteiger charge is -2.12. The first-order valence-electron chi connectivity index (χ1n) is 5.70. The number of benzene rings is 1. The van der Waals surface area contributed by atoms with Crippen molar-refractivity contribution in [1.82, 2.24) is 5.32 Å². The Kier molecular flexibility index (Phi) is 4.11. The second-order valence-electron chi connectivity index (χ2n) is 4.33. The Labute approximate surface area is 124 Å². The molecule has 0 saturated carbocycles. The molecule has 2 amide bonds. The SMILES string of the molecule is NS(=O)(=O)c1ccc(NC(=O)[C@@H]2CCC(=O)N2)c(Br)c1. The number of primary sulfonamides is 1. The highest BCUT2D eigenvalue weighted by Gasteiger charge is 2.27. The van der Waals surface area contributed by atoms with Crippen LogP contribution >= 0.6 is 15.9 Å². The quantitative estimate of drug-likeness (QED) is 0.717. The van der Waals surface area contributed by atoms with Crippen molar-refractivity contribution in [1.29, 1.82) is 0 Å². The molecule has 1 aliphatic rings. The van der Waals surface area contributed by atoms with E-state index in [0.29, 0.717) is 23.0 Å². The van der Waals surface area contributed by atoms with Gasteiger partial charge in [-0.3, -0.25) is 9.59 Å². The van der Waals surface area contributed by atoms with Crippen LogP contribution in [0.1, 0.15) is 12.8 Å². The molecule has 0 aliphatic carbocycles. The number of sulfonamides is 1. The van der Waals surface area contributed by atoms with Crippen molar-refractivity contribution in [3.05, 3.63) is 22.7 Å². The second-order valence-corrected chi connectivity index (χ2v) is 6.75. The Hall–Kier alpha value is -1.45. The summed E-state index contributed by atoms with van der Waals surface area (Å²) in [4.78, 5) is 22.9. The lowest BCUT2D eigenvalue weighted by Crippen LogP contribution is -2.37. The van der Waals surface area contributed by atoms with Gasteiger partial charge in [0, 0.05) is 10.9 Å². The minimum atomic E-state index is -3.79. The maximum atomic E-state index is 11.9. The fraction of sp³-hybridized carbons (Fsp3) is 0.273. The molecule has 0 aromatic heterocycles. The van der Waals surface area contributed by atoms with E-state index in [0.717, 1.165) is 0 Å². The third-order valence-corrected chi connectivity index (χ3v) is 4.41. The van der Waals surface area contributed by atoms with Crippen molar-refractivity contribution >= 4 is 43.5 Å². The Balaban J connectivity index is 2.14. The van der Waals surface area contributed by atoms with Crippen LogP contribution in [-0.2, 0) is 19.6 Å². The smallest absolute Gasteiger partial charge is 0.246 e. The number of amides is 2. The Morgan fingerprint density at radius 2 is 2.15 bits per heavy atom. The predicted molar refractivity (Wildman–Crippen MR) is 75.3 cm³/mol. The van der Waals surface area contributed by atoms with Gasteiger partial charge in [-0.05, 0) is 40.5 Å². The molecule has 7 nitrogen and oxygen atoms in total. The number of hydrogen-bond acceptors (Lipinski definition) is 4. The number of rotatable bonds is 3. The van der Waals surface area contributed by atoms with E-state index < -0.39 is 16.1 Å². The van der Waals surface area contributed by atoms with E-state index in [1.807, 2.05) is 0 Å². The van der Waals surface area contributed by atoms with Crippen molar-refractivity contribution in [2.75, 3.05) is 5.32 Å². The fourth-order valence-electron chi connectivity index (χ4n) is 1.80. The Bertz CT molecular complexity index is 674. The predicted octanol–water partition coefficient (Wildman–Crippen LogP) is 0.314. The Morgan fingerprint density at radius 3 is 2.65 bits per heavy atom. The number of anilines is 1. The molecule has 9 heteroatoms. The van der Waals surface area contributed by atoms with Crippen LogP contribution in [-0.4, -0.2) is 26.3 Å². The van der Waals surface area contributed by atoms with Crippen LogP contribution in [0.2, 0.25) is 0 Å². The largest absolute Gasteiger partial charge is 0.344 e. The maximum absolute atomic E-state index is 11.9. The molecule has 1 fully saturated rings. The molecule has 0 unspecified atom stereocenters. The zero-order valence-corrected chi connectivity index (χ0v) is 12.6.